The van der Waals surface area contributed by atoms with Gasteiger partial charge in [0, 0.05) is 19.6 Å². The van der Waals surface area contributed by atoms with Crippen LogP contribution in [0.4, 0.5) is 0 Å². The van der Waals surface area contributed by atoms with E-state index in [1.54, 1.807) is 6.92 Å². The number of aromatic amines is 1. The highest BCUT2D eigenvalue weighted by molar-refractivity contribution is 7.08. The molecule has 1 aliphatic heterocycles. The number of hydrogen-bond donors (Lipinski definition) is 2. The summed E-state index contributed by atoms with van der Waals surface area (Å²) in [4.78, 5) is 38.5. The van der Waals surface area contributed by atoms with E-state index in [-0.39, 0.29) is 23.1 Å². The normalized spacial score (nSPS) is 15.4. The Morgan fingerprint density at radius 2 is 2.12 bits per heavy atom. The molecule has 0 atom stereocenters. The fraction of sp³-hybridized carbons (Fsp3) is 0.500. The van der Waals surface area contributed by atoms with Crippen LogP contribution < -0.4 is 10.9 Å². The highest BCUT2D eigenvalue weighted by Crippen LogP contribution is 2.20. The van der Waals surface area contributed by atoms with Crippen molar-refractivity contribution >= 4 is 23.3 Å². The molecule has 3 heterocycles. The zero-order valence-corrected chi connectivity index (χ0v) is 14.9. The van der Waals surface area contributed by atoms with Crippen LogP contribution in [-0.2, 0) is 0 Å². The number of carbonyl (C=O) groups excluding carboxylic acids is 2. The van der Waals surface area contributed by atoms with Crippen molar-refractivity contribution < 1.29 is 14.1 Å². The smallest absolute Gasteiger partial charge is 0.293 e. The van der Waals surface area contributed by atoms with E-state index in [4.69, 9.17) is 4.52 Å². The number of likely N-dealkylation sites (tertiary alicyclic amines) is 1. The highest BCUT2D eigenvalue weighted by Gasteiger charge is 2.26. The fourth-order valence-electron chi connectivity index (χ4n) is 2.93. The van der Waals surface area contributed by atoms with Crippen molar-refractivity contribution in [1.82, 2.24) is 19.7 Å². The molecule has 0 aromatic carbocycles. The molecule has 0 unspecified atom stereocenters. The Morgan fingerprint density at radius 3 is 2.68 bits per heavy atom. The predicted octanol–water partition coefficient (Wildman–Crippen LogP) is 1.32. The van der Waals surface area contributed by atoms with Crippen LogP contribution in [0.5, 0.6) is 0 Å². The Bertz CT molecular complexity index is 829. The topological polar surface area (TPSA) is 108 Å². The number of nitrogens with zero attached hydrogens (tertiary/aromatic N) is 2. The van der Waals surface area contributed by atoms with E-state index in [9.17, 15) is 14.4 Å². The van der Waals surface area contributed by atoms with Crippen molar-refractivity contribution in [3.05, 3.63) is 38.3 Å². The first kappa shape index (κ1) is 17.4. The molecule has 0 radical (unpaired) electrons. The maximum absolute atomic E-state index is 12.4. The van der Waals surface area contributed by atoms with Gasteiger partial charge >= 0.3 is 0 Å². The van der Waals surface area contributed by atoms with E-state index in [1.807, 2.05) is 17.9 Å². The van der Waals surface area contributed by atoms with Gasteiger partial charge in [-0.05, 0) is 50.2 Å². The minimum Gasteiger partial charge on any atom is -0.383 e. The van der Waals surface area contributed by atoms with Crippen molar-refractivity contribution in [2.75, 3.05) is 19.6 Å². The van der Waals surface area contributed by atoms with Crippen LogP contribution in [0.25, 0.3) is 0 Å². The van der Waals surface area contributed by atoms with Crippen LogP contribution in [0.1, 0.15) is 44.3 Å². The number of aryl methyl sites for hydroxylation is 2. The molecule has 0 bridgehead atoms. The maximum atomic E-state index is 12.4. The summed E-state index contributed by atoms with van der Waals surface area (Å²) in [7, 11) is 0. The third-order valence-electron chi connectivity index (χ3n) is 4.39. The zero-order valence-electron chi connectivity index (χ0n) is 14.1. The molecule has 1 aliphatic rings. The van der Waals surface area contributed by atoms with E-state index in [0.29, 0.717) is 24.5 Å². The van der Waals surface area contributed by atoms with Crippen molar-refractivity contribution in [3.63, 3.8) is 0 Å². The lowest BCUT2D eigenvalue weighted by Crippen LogP contribution is -2.41. The molecule has 1 saturated heterocycles. The molecule has 2 amide bonds. The van der Waals surface area contributed by atoms with Gasteiger partial charge in [0.05, 0.1) is 5.69 Å². The van der Waals surface area contributed by atoms with E-state index in [0.717, 1.165) is 18.5 Å². The molecule has 0 spiro atoms. The zero-order chi connectivity index (χ0) is 18.0. The summed E-state index contributed by atoms with van der Waals surface area (Å²) >= 11 is 1.23. The van der Waals surface area contributed by atoms with Crippen LogP contribution in [0.15, 0.2) is 15.4 Å². The van der Waals surface area contributed by atoms with Gasteiger partial charge in [0.25, 0.3) is 17.4 Å². The Balaban J connectivity index is 1.49. The largest absolute Gasteiger partial charge is 0.383 e. The first-order valence-corrected chi connectivity index (χ1v) is 8.92. The SMILES string of the molecule is Cc1cc(C(=O)N2CCC(CNC(=O)c3c(C)o[nH]c3=O)CC2)sn1. The summed E-state index contributed by atoms with van der Waals surface area (Å²) < 4.78 is 8.99. The first-order chi connectivity index (χ1) is 12.0. The average Bonchev–Trinajstić information content (AvgIpc) is 3.18. The van der Waals surface area contributed by atoms with Crippen LogP contribution >= 0.6 is 11.5 Å². The van der Waals surface area contributed by atoms with Crippen molar-refractivity contribution in [2.24, 2.45) is 5.92 Å². The minimum atomic E-state index is -0.518. The molecule has 25 heavy (non-hydrogen) atoms. The van der Waals surface area contributed by atoms with Crippen LogP contribution in [0, 0.1) is 19.8 Å². The monoisotopic (exact) mass is 364 g/mol. The second-order valence-electron chi connectivity index (χ2n) is 6.24. The number of aromatic nitrogens is 2. The van der Waals surface area contributed by atoms with Crippen LogP contribution in [-0.4, -0.2) is 45.9 Å². The molecule has 2 aromatic rings. The Kier molecular flexibility index (Phi) is 5.03. The second kappa shape index (κ2) is 7.22. The lowest BCUT2D eigenvalue weighted by atomic mass is 9.96. The summed E-state index contributed by atoms with van der Waals surface area (Å²) in [5, 5.41) is 4.94. The van der Waals surface area contributed by atoms with Crippen molar-refractivity contribution in [3.8, 4) is 0 Å². The minimum absolute atomic E-state index is 0.0215. The Morgan fingerprint density at radius 1 is 1.40 bits per heavy atom. The summed E-state index contributed by atoms with van der Waals surface area (Å²) in [6, 6.07) is 1.81. The van der Waals surface area contributed by atoms with Gasteiger partial charge in [-0.25, -0.2) is 0 Å². The van der Waals surface area contributed by atoms with Crippen LogP contribution in [0.3, 0.4) is 0 Å². The molecule has 9 heteroatoms. The number of amides is 2. The van der Waals surface area contributed by atoms with Crippen molar-refractivity contribution in [2.45, 2.75) is 26.7 Å². The number of H-pyrrole nitrogens is 1. The third kappa shape index (κ3) is 3.81. The van der Waals surface area contributed by atoms with Gasteiger partial charge in [0.2, 0.25) is 0 Å². The van der Waals surface area contributed by atoms with E-state index in [2.05, 4.69) is 14.8 Å². The fourth-order valence-corrected chi connectivity index (χ4v) is 3.66. The number of nitrogens with one attached hydrogen (secondary N) is 2. The summed E-state index contributed by atoms with van der Waals surface area (Å²) in [6.45, 7) is 5.22. The van der Waals surface area contributed by atoms with Gasteiger partial charge in [-0.15, -0.1) is 0 Å². The molecular formula is C16H20N4O4S. The molecule has 0 saturated carbocycles. The molecular weight excluding hydrogens is 344 g/mol. The lowest BCUT2D eigenvalue weighted by Gasteiger charge is -2.31. The van der Waals surface area contributed by atoms with E-state index < -0.39 is 11.5 Å². The first-order valence-electron chi connectivity index (χ1n) is 8.14. The molecule has 8 nitrogen and oxygen atoms in total. The molecule has 1 fully saturated rings. The van der Waals surface area contributed by atoms with E-state index in [1.165, 1.54) is 11.5 Å². The Hall–Kier alpha value is -2.42. The van der Waals surface area contributed by atoms with E-state index >= 15 is 0 Å². The maximum Gasteiger partial charge on any atom is 0.293 e. The Labute approximate surface area is 148 Å². The molecule has 3 rings (SSSR count). The van der Waals surface area contributed by atoms with Gasteiger partial charge < -0.3 is 14.7 Å². The highest BCUT2D eigenvalue weighted by atomic mass is 32.1. The molecule has 0 aliphatic carbocycles. The number of carbonyl (C=O) groups is 2. The second-order valence-corrected chi connectivity index (χ2v) is 7.05. The predicted molar refractivity (Wildman–Crippen MR) is 91.9 cm³/mol. The standard InChI is InChI=1S/C16H20N4O4S/c1-9-7-12(25-19-9)16(23)20-5-3-11(4-6-20)8-17-14(21)13-10(2)24-18-15(13)22/h7,11H,3-6,8H2,1-2H3,(H,17,21)(H,18,22). The van der Waals surface area contributed by atoms with Gasteiger partial charge in [-0.1, -0.05) is 0 Å². The van der Waals surface area contributed by atoms with Gasteiger partial charge in [-0.2, -0.15) is 9.53 Å². The van der Waals surface area contributed by atoms with Gasteiger partial charge in [-0.3, -0.25) is 14.4 Å². The lowest BCUT2D eigenvalue weighted by molar-refractivity contribution is 0.0689. The average molecular weight is 364 g/mol. The van der Waals surface area contributed by atoms with Gasteiger partial charge in [0.1, 0.15) is 16.2 Å². The summed E-state index contributed by atoms with van der Waals surface area (Å²) in [6.07, 6.45) is 1.62. The summed E-state index contributed by atoms with van der Waals surface area (Å²) in [5.74, 6) is 0.157. The van der Waals surface area contributed by atoms with Crippen molar-refractivity contribution in [1.29, 1.82) is 0 Å². The molecule has 2 N–H and O–H groups in total. The molecule has 134 valence electrons. The third-order valence-corrected chi connectivity index (χ3v) is 5.26. The summed E-state index contributed by atoms with van der Waals surface area (Å²) in [5.41, 5.74) is 0.360. The number of piperidine rings is 1. The molecule has 2 aromatic heterocycles. The number of hydrogen-bond acceptors (Lipinski definition) is 6. The quantitative estimate of drug-likeness (QED) is 0.851. The van der Waals surface area contributed by atoms with Gasteiger partial charge in [0.15, 0.2) is 0 Å². The van der Waals surface area contributed by atoms with Crippen LogP contribution in [0.2, 0.25) is 0 Å². The number of rotatable bonds is 4.